The molecule has 11 unspecified atom stereocenters. The molecule has 1 spiro atoms. The minimum atomic E-state index is -0.0240. The number of hydrogen-bond donors (Lipinski definition) is 2. The van der Waals surface area contributed by atoms with E-state index in [-0.39, 0.29) is 16.5 Å². The van der Waals surface area contributed by atoms with Gasteiger partial charge in [-0.15, -0.1) is 0 Å². The van der Waals surface area contributed by atoms with Gasteiger partial charge in [0.1, 0.15) is 5.72 Å². The van der Waals surface area contributed by atoms with Crippen LogP contribution in [0.3, 0.4) is 0 Å². The molecule has 2 aliphatic heterocycles. The molecule has 0 bridgehead atoms. The lowest BCUT2D eigenvalue weighted by Crippen LogP contribution is -2.56. The molecule has 6 rings (SSSR count). The minimum Gasteiger partial charge on any atom is -0.393 e. The van der Waals surface area contributed by atoms with Crippen LogP contribution in [0.5, 0.6) is 0 Å². The van der Waals surface area contributed by atoms with E-state index in [1.54, 1.807) is 0 Å². The number of piperidine rings is 1. The van der Waals surface area contributed by atoms with Crippen molar-refractivity contribution in [1.82, 2.24) is 5.32 Å². The number of aliphatic hydroxyl groups is 1. The highest BCUT2D eigenvalue weighted by Crippen LogP contribution is 2.69. The monoisotopic (exact) mass is 451 g/mol. The van der Waals surface area contributed by atoms with E-state index in [2.05, 4.69) is 26.1 Å². The van der Waals surface area contributed by atoms with Crippen LogP contribution >= 0.6 is 0 Å². The molecule has 2 N–H and O–H groups in total. The van der Waals surface area contributed by atoms with Gasteiger partial charge in [-0.25, -0.2) is 0 Å². The van der Waals surface area contributed by atoms with E-state index in [1.165, 1.54) is 51.4 Å². The first-order valence-electron chi connectivity index (χ1n) is 14.0. The Morgan fingerprint density at radius 1 is 0.875 bits per heavy atom. The third-order valence-corrected chi connectivity index (χ3v) is 11.4. The summed E-state index contributed by atoms with van der Waals surface area (Å²) in [5, 5.41) is 14.1. The highest BCUT2D eigenvalue weighted by atomic mass is 19.0. The Labute approximate surface area is 196 Å². The lowest BCUT2D eigenvalue weighted by atomic mass is 9.49. The average Bonchev–Trinajstić information content (AvgIpc) is 3.22. The second kappa shape index (κ2) is 9.11. The lowest BCUT2D eigenvalue weighted by Gasteiger charge is -2.57. The van der Waals surface area contributed by atoms with Gasteiger partial charge < -0.3 is 9.84 Å². The van der Waals surface area contributed by atoms with Crippen LogP contribution in [0, 0.1) is 52.8 Å². The van der Waals surface area contributed by atoms with E-state index >= 15 is 0 Å². The fraction of sp³-hybridized carbons (Fsp3) is 1.00. The summed E-state index contributed by atoms with van der Waals surface area (Å²) in [5.41, 5.74) is 0.463. The number of fused-ring (bicyclic) bond motifs is 7. The Hall–Kier alpha value is -0.190. The predicted octanol–water partition coefficient (Wildman–Crippen LogP) is 6.16. The van der Waals surface area contributed by atoms with E-state index in [0.29, 0.717) is 17.4 Å². The van der Waals surface area contributed by atoms with Gasteiger partial charge in [0.25, 0.3) is 0 Å². The molecular formula is C28H50FNO2. The molecule has 186 valence electrons. The van der Waals surface area contributed by atoms with Gasteiger partial charge >= 0.3 is 0 Å². The van der Waals surface area contributed by atoms with Crippen molar-refractivity contribution in [2.24, 2.45) is 52.8 Å². The van der Waals surface area contributed by atoms with Crippen LogP contribution in [0.25, 0.3) is 0 Å². The van der Waals surface area contributed by atoms with Crippen molar-refractivity contribution in [1.29, 1.82) is 0 Å². The summed E-state index contributed by atoms with van der Waals surface area (Å²) in [6, 6.07) is 0. The first kappa shape index (κ1) is 24.9. The van der Waals surface area contributed by atoms with Gasteiger partial charge in [0.15, 0.2) is 0 Å². The summed E-state index contributed by atoms with van der Waals surface area (Å²) in [6.45, 7) is 12.7. The fourth-order valence-electron chi connectivity index (χ4n) is 10.0. The van der Waals surface area contributed by atoms with Gasteiger partial charge in [0, 0.05) is 12.5 Å². The standard InChI is InChI=1S/C26H43NO2.C2H6.FH/c1-15-8-11-26(27-14-15)16(2)24-23(29-26)13-22-21-6-4-17-12-18(28)5-7-19(17)20(21)9-10-25(22,24)3;1-2;/h15-24,27-28H,4-14H2,1-3H3;1-2H3;1H/t15?,16?,17?,18-,19?,20?,21?,22?,23?,24?,25?,26?;;/m0../s1. The van der Waals surface area contributed by atoms with Crippen molar-refractivity contribution in [2.75, 3.05) is 6.54 Å². The first-order chi connectivity index (χ1) is 14.9. The van der Waals surface area contributed by atoms with Gasteiger partial charge in [-0.2, -0.15) is 0 Å². The second-order valence-corrected chi connectivity index (χ2v) is 12.6. The number of hydrogen-bond acceptors (Lipinski definition) is 3. The summed E-state index contributed by atoms with van der Waals surface area (Å²) < 4.78 is 6.99. The maximum absolute atomic E-state index is 10.2. The highest BCUT2D eigenvalue weighted by Gasteiger charge is 2.67. The Kier molecular flexibility index (Phi) is 7.10. The summed E-state index contributed by atoms with van der Waals surface area (Å²) in [4.78, 5) is 0. The van der Waals surface area contributed by atoms with Crippen LogP contribution in [0.2, 0.25) is 0 Å². The van der Waals surface area contributed by atoms with E-state index < -0.39 is 0 Å². The molecule has 0 aromatic carbocycles. The van der Waals surface area contributed by atoms with E-state index in [1.807, 2.05) is 13.8 Å². The number of nitrogens with one attached hydrogen (secondary N) is 1. The van der Waals surface area contributed by atoms with Crippen LogP contribution in [-0.2, 0) is 4.74 Å². The van der Waals surface area contributed by atoms with E-state index in [4.69, 9.17) is 4.74 Å². The van der Waals surface area contributed by atoms with Crippen LogP contribution in [0.4, 0.5) is 4.70 Å². The van der Waals surface area contributed by atoms with Crippen LogP contribution in [0.1, 0.15) is 98.8 Å². The largest absolute Gasteiger partial charge is 0.393 e. The number of aliphatic hydroxyl groups excluding tert-OH is 1. The summed E-state index contributed by atoms with van der Waals surface area (Å²) in [6.07, 6.45) is 13.4. The van der Waals surface area contributed by atoms with Gasteiger partial charge in [-0.3, -0.25) is 10.0 Å². The Morgan fingerprint density at radius 3 is 2.34 bits per heavy atom. The third-order valence-electron chi connectivity index (χ3n) is 11.4. The predicted molar refractivity (Wildman–Crippen MR) is 129 cm³/mol. The molecule has 32 heavy (non-hydrogen) atoms. The molecule has 0 radical (unpaired) electrons. The average molecular weight is 452 g/mol. The maximum Gasteiger partial charge on any atom is 0.122 e. The maximum atomic E-state index is 10.2. The van der Waals surface area contributed by atoms with Crippen LogP contribution in [0.15, 0.2) is 0 Å². The topological polar surface area (TPSA) is 41.5 Å². The molecule has 0 aromatic heterocycles. The van der Waals surface area contributed by atoms with Crippen molar-refractivity contribution >= 4 is 0 Å². The van der Waals surface area contributed by atoms with Gasteiger partial charge in [-0.1, -0.05) is 34.6 Å². The Balaban J connectivity index is 0.000000796. The summed E-state index contributed by atoms with van der Waals surface area (Å²) in [5.74, 6) is 6.67. The van der Waals surface area contributed by atoms with Crippen molar-refractivity contribution < 1.29 is 14.5 Å². The fourth-order valence-corrected chi connectivity index (χ4v) is 10.0. The summed E-state index contributed by atoms with van der Waals surface area (Å²) >= 11 is 0. The molecule has 2 heterocycles. The molecule has 0 aromatic rings. The zero-order chi connectivity index (χ0) is 22.0. The number of rotatable bonds is 0. The minimum absolute atomic E-state index is 0. The molecular weight excluding hydrogens is 401 g/mol. The van der Waals surface area contributed by atoms with Gasteiger partial charge in [-0.05, 0) is 111 Å². The van der Waals surface area contributed by atoms with Crippen LogP contribution in [-0.4, -0.2) is 29.6 Å². The Morgan fingerprint density at radius 2 is 1.62 bits per heavy atom. The number of halogens is 1. The van der Waals surface area contributed by atoms with Crippen molar-refractivity contribution in [3.63, 3.8) is 0 Å². The molecule has 0 amide bonds. The molecule has 4 aliphatic carbocycles. The van der Waals surface area contributed by atoms with E-state index in [9.17, 15) is 5.11 Å². The van der Waals surface area contributed by atoms with Crippen molar-refractivity contribution in [2.45, 2.75) is 117 Å². The molecule has 2 saturated heterocycles. The van der Waals surface area contributed by atoms with Crippen molar-refractivity contribution in [3.8, 4) is 0 Å². The van der Waals surface area contributed by atoms with Crippen LogP contribution < -0.4 is 5.32 Å². The molecule has 4 saturated carbocycles. The normalized spacial score (nSPS) is 56.1. The third kappa shape index (κ3) is 3.61. The quantitative estimate of drug-likeness (QED) is 0.464. The molecule has 12 atom stereocenters. The van der Waals surface area contributed by atoms with Gasteiger partial charge in [0.2, 0.25) is 0 Å². The van der Waals surface area contributed by atoms with E-state index in [0.717, 1.165) is 60.8 Å². The zero-order valence-corrected chi connectivity index (χ0v) is 21.3. The Bertz CT molecular complexity index is 649. The second-order valence-electron chi connectivity index (χ2n) is 12.6. The summed E-state index contributed by atoms with van der Waals surface area (Å²) in [7, 11) is 0. The molecule has 6 aliphatic rings. The van der Waals surface area contributed by atoms with Crippen molar-refractivity contribution in [3.05, 3.63) is 0 Å². The molecule has 3 nitrogen and oxygen atoms in total. The smallest absolute Gasteiger partial charge is 0.122 e. The highest BCUT2D eigenvalue weighted by molar-refractivity contribution is 5.15. The molecule has 4 heteroatoms. The lowest BCUT2D eigenvalue weighted by molar-refractivity contribution is -0.119. The zero-order valence-electron chi connectivity index (χ0n) is 21.3. The van der Waals surface area contributed by atoms with Gasteiger partial charge in [0.05, 0.1) is 12.2 Å². The number of ether oxygens (including phenoxy) is 1. The molecule has 6 fully saturated rings. The first-order valence-corrected chi connectivity index (χ1v) is 14.0. The SMILES string of the molecule is CC.CC1CCC2(NC1)OC1CC3C4CCC5C[C@@H](O)CCC5C4CCC3(C)C1C2C.F.